The van der Waals surface area contributed by atoms with Crippen molar-refractivity contribution >= 4 is 5.91 Å². The maximum atomic E-state index is 11.9. The molecule has 4 aliphatic carbocycles. The highest BCUT2D eigenvalue weighted by Gasteiger charge is 2.60. The van der Waals surface area contributed by atoms with Crippen molar-refractivity contribution in [2.45, 2.75) is 96.2 Å². The van der Waals surface area contributed by atoms with Gasteiger partial charge >= 0.3 is 0 Å². The van der Waals surface area contributed by atoms with E-state index in [9.17, 15) is 4.79 Å². The van der Waals surface area contributed by atoms with Crippen molar-refractivity contribution in [3.05, 3.63) is 0 Å². The van der Waals surface area contributed by atoms with Gasteiger partial charge in [0.25, 0.3) is 0 Å². The molecule has 5 rings (SSSR count). The van der Waals surface area contributed by atoms with Crippen LogP contribution in [0.4, 0.5) is 0 Å². The molecule has 3 nitrogen and oxygen atoms in total. The van der Waals surface area contributed by atoms with Crippen LogP contribution in [0.1, 0.15) is 78.1 Å². The van der Waals surface area contributed by atoms with Gasteiger partial charge in [0.1, 0.15) is 0 Å². The summed E-state index contributed by atoms with van der Waals surface area (Å²) >= 11 is 0. The van der Waals surface area contributed by atoms with Gasteiger partial charge in [0.2, 0.25) is 5.91 Å². The third-order valence-corrected chi connectivity index (χ3v) is 9.11. The Hall–Kier alpha value is -0.570. The molecule has 7 atom stereocenters. The van der Waals surface area contributed by atoms with Crippen LogP contribution in [0.2, 0.25) is 0 Å². The predicted octanol–water partition coefficient (Wildman–Crippen LogP) is 3.63. The number of piperidine rings is 1. The second-order valence-corrected chi connectivity index (χ2v) is 10.2. The largest absolute Gasteiger partial charge is 0.353 e. The molecule has 0 aromatic rings. The van der Waals surface area contributed by atoms with E-state index in [4.69, 9.17) is 0 Å². The molecule has 0 bridgehead atoms. The summed E-state index contributed by atoms with van der Waals surface area (Å²) in [5, 5.41) is 7.36. The van der Waals surface area contributed by atoms with E-state index >= 15 is 0 Å². The lowest BCUT2D eigenvalue weighted by Gasteiger charge is -2.60. The first-order valence-corrected chi connectivity index (χ1v) is 10.6. The number of nitrogens with one attached hydrogen (secondary N) is 2. The number of rotatable bonds is 2. The van der Waals surface area contributed by atoms with Gasteiger partial charge < -0.3 is 10.6 Å². The molecule has 0 aromatic carbocycles. The number of fused-ring (bicyclic) bond motifs is 5. The fraction of sp³-hybridized carbons (Fsp3) is 0.952. The van der Waals surface area contributed by atoms with E-state index in [1.54, 1.807) is 0 Å². The lowest BCUT2D eigenvalue weighted by molar-refractivity contribution is -0.136. The van der Waals surface area contributed by atoms with E-state index in [1.807, 2.05) is 0 Å². The van der Waals surface area contributed by atoms with Gasteiger partial charge in [0.15, 0.2) is 0 Å². The summed E-state index contributed by atoms with van der Waals surface area (Å²) < 4.78 is 0. The number of hydrogen-bond donors (Lipinski definition) is 2. The van der Waals surface area contributed by atoms with Gasteiger partial charge in [-0.3, -0.25) is 4.79 Å². The number of carbonyl (C=O) groups is 1. The van der Waals surface area contributed by atoms with Crippen LogP contribution in [0.25, 0.3) is 0 Å². The van der Waals surface area contributed by atoms with Crippen LogP contribution in [0.15, 0.2) is 0 Å². The Labute approximate surface area is 146 Å². The zero-order valence-electron chi connectivity index (χ0n) is 15.4. The Balaban J connectivity index is 1.39. The molecule has 0 radical (unpaired) electrons. The average molecular weight is 331 g/mol. The molecule has 1 aliphatic heterocycles. The highest BCUT2D eigenvalue weighted by molar-refractivity contribution is 5.77. The minimum Gasteiger partial charge on any atom is -0.353 e. The van der Waals surface area contributed by atoms with Crippen molar-refractivity contribution in [2.24, 2.45) is 28.6 Å². The molecule has 0 unspecified atom stereocenters. The van der Waals surface area contributed by atoms with Gasteiger partial charge in [0, 0.05) is 24.5 Å². The molecule has 1 amide bonds. The minimum absolute atomic E-state index is 0.297. The molecule has 1 saturated heterocycles. The van der Waals surface area contributed by atoms with E-state index in [0.717, 1.165) is 42.7 Å². The Morgan fingerprint density at radius 3 is 2.50 bits per heavy atom. The number of carbonyl (C=O) groups excluding carboxylic acids is 1. The number of amides is 1. The average Bonchev–Trinajstić information content (AvgIpc) is 3.31. The Morgan fingerprint density at radius 2 is 1.71 bits per heavy atom. The SMILES string of the molecule is C[C@]12CCC(=O)N[C@@H]1CC[C@@H]1[C@@H]2CC[C@]2(C)[C@@H](NC3CC3)CC[C@@H]12. The van der Waals surface area contributed by atoms with Crippen LogP contribution in [0, 0.1) is 28.6 Å². The lowest BCUT2D eigenvalue weighted by Crippen LogP contribution is -2.61. The maximum Gasteiger partial charge on any atom is 0.220 e. The molecular weight excluding hydrogens is 296 g/mol. The van der Waals surface area contributed by atoms with Crippen molar-refractivity contribution in [3.8, 4) is 0 Å². The zero-order chi connectivity index (χ0) is 16.5. The lowest BCUT2D eigenvalue weighted by atomic mass is 9.47. The molecular formula is C21H34N2O. The van der Waals surface area contributed by atoms with E-state index < -0.39 is 0 Å². The van der Waals surface area contributed by atoms with Crippen molar-refractivity contribution in [1.29, 1.82) is 0 Å². The fourth-order valence-electron chi connectivity index (χ4n) is 7.51. The molecule has 5 fully saturated rings. The maximum absolute atomic E-state index is 11.9. The van der Waals surface area contributed by atoms with Crippen LogP contribution in [0.3, 0.4) is 0 Å². The summed E-state index contributed by atoms with van der Waals surface area (Å²) in [4.78, 5) is 11.9. The molecule has 3 heteroatoms. The van der Waals surface area contributed by atoms with Gasteiger partial charge in [-0.15, -0.1) is 0 Å². The minimum atomic E-state index is 0.297. The summed E-state index contributed by atoms with van der Waals surface area (Å²) in [5.74, 6) is 2.97. The summed E-state index contributed by atoms with van der Waals surface area (Å²) in [6.45, 7) is 5.11. The van der Waals surface area contributed by atoms with E-state index in [-0.39, 0.29) is 0 Å². The quantitative estimate of drug-likeness (QED) is 0.812. The second-order valence-electron chi connectivity index (χ2n) is 10.2. The summed E-state index contributed by atoms with van der Waals surface area (Å²) in [5.41, 5.74) is 0.894. The second kappa shape index (κ2) is 5.22. The summed E-state index contributed by atoms with van der Waals surface area (Å²) in [6, 6.07) is 2.06. The van der Waals surface area contributed by atoms with Gasteiger partial charge in [-0.25, -0.2) is 0 Å². The molecule has 0 spiro atoms. The van der Waals surface area contributed by atoms with Crippen LogP contribution < -0.4 is 10.6 Å². The van der Waals surface area contributed by atoms with Crippen LogP contribution in [-0.4, -0.2) is 24.0 Å². The van der Waals surface area contributed by atoms with E-state index in [0.29, 0.717) is 22.8 Å². The van der Waals surface area contributed by atoms with Crippen LogP contribution in [0.5, 0.6) is 0 Å². The fourth-order valence-corrected chi connectivity index (χ4v) is 7.51. The molecule has 2 N–H and O–H groups in total. The third-order valence-electron chi connectivity index (χ3n) is 9.11. The monoisotopic (exact) mass is 330 g/mol. The molecule has 1 heterocycles. The number of hydrogen-bond acceptors (Lipinski definition) is 2. The first kappa shape index (κ1) is 15.7. The topological polar surface area (TPSA) is 41.1 Å². The molecule has 0 aromatic heterocycles. The summed E-state index contributed by atoms with van der Waals surface area (Å²) in [7, 11) is 0. The highest BCUT2D eigenvalue weighted by atomic mass is 16.1. The molecule has 134 valence electrons. The van der Waals surface area contributed by atoms with Crippen molar-refractivity contribution in [3.63, 3.8) is 0 Å². The van der Waals surface area contributed by atoms with Gasteiger partial charge in [-0.2, -0.15) is 0 Å². The first-order chi connectivity index (χ1) is 11.5. The first-order valence-electron chi connectivity index (χ1n) is 10.6. The molecule has 5 aliphatic rings. The summed E-state index contributed by atoms with van der Waals surface area (Å²) in [6.07, 6.45) is 12.9. The third kappa shape index (κ3) is 2.15. The van der Waals surface area contributed by atoms with Crippen LogP contribution >= 0.6 is 0 Å². The Morgan fingerprint density at radius 1 is 0.917 bits per heavy atom. The van der Waals surface area contributed by atoms with Gasteiger partial charge in [-0.1, -0.05) is 13.8 Å². The highest BCUT2D eigenvalue weighted by Crippen LogP contribution is 2.64. The van der Waals surface area contributed by atoms with Crippen molar-refractivity contribution in [1.82, 2.24) is 10.6 Å². The van der Waals surface area contributed by atoms with Gasteiger partial charge in [0.05, 0.1) is 0 Å². The van der Waals surface area contributed by atoms with Gasteiger partial charge in [-0.05, 0) is 86.4 Å². The predicted molar refractivity (Wildman–Crippen MR) is 95.5 cm³/mol. The van der Waals surface area contributed by atoms with Crippen molar-refractivity contribution in [2.75, 3.05) is 0 Å². The Bertz CT molecular complexity index is 544. The Kier molecular flexibility index (Phi) is 3.41. The normalized spacial score (nSPS) is 53.8. The molecule has 4 saturated carbocycles. The zero-order valence-corrected chi connectivity index (χ0v) is 15.4. The smallest absolute Gasteiger partial charge is 0.220 e. The van der Waals surface area contributed by atoms with Crippen LogP contribution in [-0.2, 0) is 4.79 Å². The standard InChI is InChI=1S/C21H34N2O/c1-20-11-9-16-14(15(20)6-8-17(20)22-13-3-4-13)5-7-18-21(16,2)12-10-19(24)23-18/h13-18,22H,3-12H2,1-2H3,(H,23,24)/t14-,15-,16-,17-,18+,20-,21+/m0/s1. The molecule has 24 heavy (non-hydrogen) atoms. The van der Waals surface area contributed by atoms with E-state index in [1.165, 1.54) is 51.4 Å². The van der Waals surface area contributed by atoms with E-state index in [2.05, 4.69) is 24.5 Å². The van der Waals surface area contributed by atoms with Crippen molar-refractivity contribution < 1.29 is 4.79 Å².